The lowest BCUT2D eigenvalue weighted by Crippen LogP contribution is -2.30. The van der Waals surface area contributed by atoms with Crippen molar-refractivity contribution in [3.8, 4) is 0 Å². The molecule has 1 aromatic heterocycles. The maximum atomic E-state index is 11.0. The predicted molar refractivity (Wildman–Crippen MR) is 81.5 cm³/mol. The van der Waals surface area contributed by atoms with Gasteiger partial charge in [-0.2, -0.15) is 0 Å². The molecule has 1 saturated carbocycles. The second-order valence-electron chi connectivity index (χ2n) is 5.77. The number of aromatic nitrogens is 2. The van der Waals surface area contributed by atoms with Crippen molar-refractivity contribution in [2.75, 3.05) is 5.32 Å². The highest BCUT2D eigenvalue weighted by molar-refractivity contribution is 5.96. The lowest BCUT2D eigenvalue weighted by molar-refractivity contribution is 0.0697. The Morgan fingerprint density at radius 2 is 2.10 bits per heavy atom. The van der Waals surface area contributed by atoms with Crippen LogP contribution in [-0.4, -0.2) is 27.1 Å². The quantitative estimate of drug-likeness (QED) is 0.904. The number of benzene rings is 1. The van der Waals surface area contributed by atoms with Crippen molar-refractivity contribution < 1.29 is 9.90 Å². The van der Waals surface area contributed by atoms with Gasteiger partial charge in [-0.1, -0.05) is 19.8 Å². The molecule has 2 aromatic rings. The minimum Gasteiger partial charge on any atom is -0.478 e. The van der Waals surface area contributed by atoms with Gasteiger partial charge in [0.2, 0.25) is 0 Å². The first-order chi connectivity index (χ1) is 10.1. The van der Waals surface area contributed by atoms with Gasteiger partial charge in [0.05, 0.1) is 11.1 Å². The molecule has 1 aromatic carbocycles. The van der Waals surface area contributed by atoms with E-state index in [2.05, 4.69) is 22.2 Å². The summed E-state index contributed by atoms with van der Waals surface area (Å²) < 4.78 is 0. The Balaban J connectivity index is 1.93. The highest BCUT2D eigenvalue weighted by atomic mass is 16.4. The molecule has 0 spiro atoms. The van der Waals surface area contributed by atoms with Crippen molar-refractivity contribution in [3.63, 3.8) is 0 Å². The second-order valence-corrected chi connectivity index (χ2v) is 5.77. The summed E-state index contributed by atoms with van der Waals surface area (Å²) in [6, 6.07) is 5.41. The van der Waals surface area contributed by atoms with Gasteiger partial charge in [-0.25, -0.2) is 14.8 Å². The Bertz CT molecular complexity index is 672. The molecular formula is C16H19N3O2. The standard InChI is InChI=1S/C16H19N3O2/c1-10-4-2-3-5-13(10)19-15-12-7-6-11(16(20)21)8-14(12)17-9-18-15/h6-10,13H,2-5H2,1H3,(H,20,21)(H,17,18,19). The third kappa shape index (κ3) is 2.82. The van der Waals surface area contributed by atoms with E-state index in [1.807, 2.05) is 0 Å². The van der Waals surface area contributed by atoms with Crippen molar-refractivity contribution in [2.24, 2.45) is 5.92 Å². The number of fused-ring (bicyclic) bond motifs is 1. The van der Waals surface area contributed by atoms with Crippen LogP contribution in [0.3, 0.4) is 0 Å². The fourth-order valence-corrected chi connectivity index (χ4v) is 3.01. The van der Waals surface area contributed by atoms with Crippen molar-refractivity contribution in [3.05, 3.63) is 30.1 Å². The smallest absolute Gasteiger partial charge is 0.335 e. The van der Waals surface area contributed by atoms with Gasteiger partial charge in [0, 0.05) is 11.4 Å². The van der Waals surface area contributed by atoms with Crippen LogP contribution in [0.15, 0.2) is 24.5 Å². The summed E-state index contributed by atoms with van der Waals surface area (Å²) in [6.45, 7) is 2.27. The maximum absolute atomic E-state index is 11.0. The summed E-state index contributed by atoms with van der Waals surface area (Å²) in [7, 11) is 0. The van der Waals surface area contributed by atoms with Crippen LogP contribution in [-0.2, 0) is 0 Å². The van der Waals surface area contributed by atoms with Crippen LogP contribution in [0.5, 0.6) is 0 Å². The van der Waals surface area contributed by atoms with Crippen LogP contribution in [0, 0.1) is 5.92 Å². The first-order valence-corrected chi connectivity index (χ1v) is 7.40. The average molecular weight is 285 g/mol. The molecule has 3 rings (SSSR count). The fourth-order valence-electron chi connectivity index (χ4n) is 3.01. The first kappa shape index (κ1) is 13.8. The summed E-state index contributed by atoms with van der Waals surface area (Å²) in [5, 5.41) is 13.4. The molecule has 2 unspecified atom stereocenters. The molecule has 5 heteroatoms. The molecule has 21 heavy (non-hydrogen) atoms. The van der Waals surface area contributed by atoms with Gasteiger partial charge in [-0.05, 0) is 37.0 Å². The number of rotatable bonds is 3. The van der Waals surface area contributed by atoms with Crippen LogP contribution in [0.1, 0.15) is 43.0 Å². The molecule has 1 fully saturated rings. The van der Waals surface area contributed by atoms with Crippen molar-refractivity contribution in [1.29, 1.82) is 0 Å². The van der Waals surface area contributed by atoms with E-state index in [1.54, 1.807) is 18.2 Å². The first-order valence-electron chi connectivity index (χ1n) is 7.40. The van der Waals surface area contributed by atoms with Crippen molar-refractivity contribution in [2.45, 2.75) is 38.6 Å². The number of anilines is 1. The van der Waals surface area contributed by atoms with E-state index < -0.39 is 5.97 Å². The number of hydrogen-bond acceptors (Lipinski definition) is 4. The van der Waals surface area contributed by atoms with E-state index in [4.69, 9.17) is 5.11 Å². The summed E-state index contributed by atoms with van der Waals surface area (Å²) in [5.41, 5.74) is 0.911. The Morgan fingerprint density at radius 1 is 1.29 bits per heavy atom. The molecule has 0 aliphatic heterocycles. The second kappa shape index (κ2) is 5.68. The van der Waals surface area contributed by atoms with Gasteiger partial charge in [-0.3, -0.25) is 0 Å². The van der Waals surface area contributed by atoms with Gasteiger partial charge >= 0.3 is 5.97 Å². The SMILES string of the molecule is CC1CCCCC1Nc1ncnc2cc(C(=O)O)ccc12. The molecule has 1 heterocycles. The number of nitrogens with zero attached hydrogens (tertiary/aromatic N) is 2. The van der Waals surface area contributed by atoms with Crippen LogP contribution < -0.4 is 5.32 Å². The third-order valence-electron chi connectivity index (χ3n) is 4.32. The van der Waals surface area contributed by atoms with Gasteiger partial charge in [0.15, 0.2) is 0 Å². The lowest BCUT2D eigenvalue weighted by atomic mass is 9.86. The molecule has 0 bridgehead atoms. The van der Waals surface area contributed by atoms with Crippen LogP contribution in [0.25, 0.3) is 10.9 Å². The Labute approximate surface area is 123 Å². The average Bonchev–Trinajstić information content (AvgIpc) is 2.49. The van der Waals surface area contributed by atoms with E-state index in [0.29, 0.717) is 17.5 Å². The largest absolute Gasteiger partial charge is 0.478 e. The highest BCUT2D eigenvalue weighted by Gasteiger charge is 2.22. The zero-order valence-corrected chi connectivity index (χ0v) is 12.0. The van der Waals surface area contributed by atoms with Crippen LogP contribution in [0.2, 0.25) is 0 Å². The summed E-state index contributed by atoms with van der Waals surface area (Å²) in [4.78, 5) is 19.6. The zero-order valence-electron chi connectivity index (χ0n) is 12.0. The van der Waals surface area contributed by atoms with E-state index in [-0.39, 0.29) is 5.56 Å². The molecule has 110 valence electrons. The minimum absolute atomic E-state index is 0.248. The van der Waals surface area contributed by atoms with E-state index >= 15 is 0 Å². The van der Waals surface area contributed by atoms with Gasteiger partial charge in [0.1, 0.15) is 12.1 Å². The number of aromatic carboxylic acids is 1. The predicted octanol–water partition coefficient (Wildman–Crippen LogP) is 3.32. The molecular weight excluding hydrogens is 266 g/mol. The topological polar surface area (TPSA) is 75.1 Å². The normalized spacial score (nSPS) is 22.1. The molecule has 1 aliphatic carbocycles. The zero-order chi connectivity index (χ0) is 14.8. The number of carboxylic acid groups (broad SMARTS) is 1. The van der Waals surface area contributed by atoms with Crippen molar-refractivity contribution >= 4 is 22.7 Å². The summed E-state index contributed by atoms with van der Waals surface area (Å²) in [6.07, 6.45) is 6.42. The fraction of sp³-hybridized carbons (Fsp3) is 0.438. The van der Waals surface area contributed by atoms with Gasteiger partial charge in [0.25, 0.3) is 0 Å². The molecule has 0 amide bonds. The summed E-state index contributed by atoms with van der Waals surface area (Å²) >= 11 is 0. The number of carbonyl (C=O) groups is 1. The molecule has 2 N–H and O–H groups in total. The molecule has 5 nitrogen and oxygen atoms in total. The molecule has 1 aliphatic rings. The van der Waals surface area contributed by atoms with Crippen LogP contribution >= 0.6 is 0 Å². The van der Waals surface area contributed by atoms with Crippen LogP contribution in [0.4, 0.5) is 5.82 Å². The molecule has 0 radical (unpaired) electrons. The Hall–Kier alpha value is -2.17. The van der Waals surface area contributed by atoms with E-state index in [9.17, 15) is 4.79 Å². The van der Waals surface area contributed by atoms with Gasteiger partial charge in [-0.15, -0.1) is 0 Å². The monoisotopic (exact) mass is 285 g/mol. The number of hydrogen-bond donors (Lipinski definition) is 2. The minimum atomic E-state index is -0.939. The Kier molecular flexibility index (Phi) is 3.73. The lowest BCUT2D eigenvalue weighted by Gasteiger charge is -2.30. The molecule has 2 atom stereocenters. The number of carboxylic acids is 1. The molecule has 0 saturated heterocycles. The van der Waals surface area contributed by atoms with E-state index in [1.165, 1.54) is 25.6 Å². The van der Waals surface area contributed by atoms with Crippen molar-refractivity contribution in [1.82, 2.24) is 9.97 Å². The Morgan fingerprint density at radius 3 is 2.86 bits per heavy atom. The summed E-state index contributed by atoms with van der Waals surface area (Å²) in [5.74, 6) is 0.490. The maximum Gasteiger partial charge on any atom is 0.335 e. The third-order valence-corrected chi connectivity index (χ3v) is 4.32. The van der Waals surface area contributed by atoms with Gasteiger partial charge < -0.3 is 10.4 Å². The highest BCUT2D eigenvalue weighted by Crippen LogP contribution is 2.28. The number of nitrogens with one attached hydrogen (secondary N) is 1. The van der Waals surface area contributed by atoms with E-state index in [0.717, 1.165) is 17.6 Å².